The van der Waals surface area contributed by atoms with Crippen LogP contribution in [-0.2, 0) is 0 Å². The number of rotatable bonds is 3. The monoisotopic (exact) mass is 512 g/mol. The summed E-state index contributed by atoms with van der Waals surface area (Å²) in [6.45, 7) is 0. The molecule has 29 heavy (non-hydrogen) atoms. The molecule has 0 N–H and O–H groups in total. The highest BCUT2D eigenvalue weighted by Crippen LogP contribution is 2.49. The fourth-order valence-corrected chi connectivity index (χ4v) is 4.60. The molecule has 3 aromatic carbocycles. The minimum atomic E-state index is -0.365. The van der Waals surface area contributed by atoms with Crippen LogP contribution in [0, 0.1) is 0 Å². The normalized spacial score (nSPS) is 19.8. The van der Waals surface area contributed by atoms with Crippen molar-refractivity contribution < 1.29 is 9.47 Å². The van der Waals surface area contributed by atoms with Crippen molar-refractivity contribution >= 4 is 37.6 Å². The van der Waals surface area contributed by atoms with Crippen LogP contribution in [0.1, 0.15) is 35.4 Å². The molecule has 6 heteroatoms. The zero-order valence-corrected chi connectivity index (χ0v) is 18.9. The lowest BCUT2D eigenvalue weighted by Crippen LogP contribution is -2.33. The number of para-hydroxylation sites is 1. The maximum atomic E-state index is 6.44. The van der Waals surface area contributed by atoms with Crippen molar-refractivity contribution in [1.29, 1.82) is 0 Å². The predicted molar refractivity (Wildman–Crippen MR) is 120 cm³/mol. The molecule has 0 radical (unpaired) electrons. The van der Waals surface area contributed by atoms with Crippen LogP contribution in [0.15, 0.2) is 80.8 Å². The van der Waals surface area contributed by atoms with E-state index in [-0.39, 0.29) is 12.3 Å². The van der Waals surface area contributed by atoms with Gasteiger partial charge < -0.3 is 9.47 Å². The van der Waals surface area contributed by atoms with E-state index in [4.69, 9.17) is 14.6 Å². The summed E-state index contributed by atoms with van der Waals surface area (Å²) in [4.78, 5) is 0. The van der Waals surface area contributed by atoms with E-state index >= 15 is 0 Å². The van der Waals surface area contributed by atoms with Crippen molar-refractivity contribution in [2.75, 3.05) is 7.11 Å². The standard InChI is InChI=1S/C23H18Br2N2O2/c1-28-21-11-10-16(25)12-18(21)23-27-20(17-4-2-3-5-22(17)29-23)13-19(26-27)14-6-8-15(24)9-7-14/h2-12,20,23H,13H2,1H3/t20-,23-/m1/s1. The van der Waals surface area contributed by atoms with E-state index in [1.165, 1.54) is 0 Å². The van der Waals surface area contributed by atoms with E-state index in [0.717, 1.165) is 49.3 Å². The van der Waals surface area contributed by atoms with Gasteiger partial charge in [-0.05, 0) is 42.0 Å². The largest absolute Gasteiger partial charge is 0.496 e. The van der Waals surface area contributed by atoms with Gasteiger partial charge in [-0.2, -0.15) is 5.10 Å². The smallest absolute Gasteiger partial charge is 0.217 e. The number of benzene rings is 3. The van der Waals surface area contributed by atoms with Gasteiger partial charge >= 0.3 is 0 Å². The number of halogens is 2. The molecule has 0 amide bonds. The Hall–Kier alpha value is -2.31. The Morgan fingerprint density at radius 2 is 1.72 bits per heavy atom. The quantitative estimate of drug-likeness (QED) is 0.403. The molecular formula is C23H18Br2N2O2. The summed E-state index contributed by atoms with van der Waals surface area (Å²) in [6.07, 6.45) is 0.463. The lowest BCUT2D eigenvalue weighted by Gasteiger charge is -2.38. The van der Waals surface area contributed by atoms with Crippen molar-refractivity contribution in [2.45, 2.75) is 18.7 Å². The molecule has 0 saturated carbocycles. The molecule has 0 bridgehead atoms. The number of fused-ring (bicyclic) bond motifs is 3. The summed E-state index contributed by atoms with van der Waals surface area (Å²) < 4.78 is 14.1. The lowest BCUT2D eigenvalue weighted by atomic mass is 9.96. The third-order valence-electron chi connectivity index (χ3n) is 5.33. The minimum absolute atomic E-state index is 0.118. The molecule has 2 heterocycles. The number of hydrogen-bond donors (Lipinski definition) is 0. The summed E-state index contributed by atoms with van der Waals surface area (Å²) in [5, 5.41) is 7.08. The topological polar surface area (TPSA) is 34.1 Å². The molecule has 0 saturated heterocycles. The summed E-state index contributed by atoms with van der Waals surface area (Å²) >= 11 is 7.09. The number of ether oxygens (including phenoxy) is 2. The molecule has 0 fully saturated rings. The highest BCUT2D eigenvalue weighted by atomic mass is 79.9. The van der Waals surface area contributed by atoms with Crippen LogP contribution in [-0.4, -0.2) is 17.8 Å². The molecule has 0 aromatic heterocycles. The van der Waals surface area contributed by atoms with Gasteiger partial charge in [0.2, 0.25) is 6.23 Å². The first-order chi connectivity index (χ1) is 14.1. The Balaban J connectivity index is 1.62. The summed E-state index contributed by atoms with van der Waals surface area (Å²) in [7, 11) is 1.68. The second-order valence-electron chi connectivity index (χ2n) is 7.05. The minimum Gasteiger partial charge on any atom is -0.496 e. The Morgan fingerprint density at radius 1 is 0.966 bits per heavy atom. The van der Waals surface area contributed by atoms with Gasteiger partial charge in [0.1, 0.15) is 11.5 Å². The van der Waals surface area contributed by atoms with Crippen LogP contribution in [0.5, 0.6) is 11.5 Å². The first kappa shape index (κ1) is 18.7. The van der Waals surface area contributed by atoms with Gasteiger partial charge in [0, 0.05) is 20.9 Å². The molecule has 0 unspecified atom stereocenters. The third kappa shape index (κ3) is 3.34. The van der Waals surface area contributed by atoms with Gasteiger partial charge in [-0.25, -0.2) is 5.01 Å². The van der Waals surface area contributed by atoms with Gasteiger partial charge in [-0.1, -0.05) is 62.2 Å². The average molecular weight is 514 g/mol. The SMILES string of the molecule is COc1ccc(Br)cc1[C@H]1Oc2ccccc2[C@H]2CC(c3ccc(Br)cc3)=NN21. The van der Waals surface area contributed by atoms with Crippen LogP contribution in [0.3, 0.4) is 0 Å². The fraction of sp³-hybridized carbons (Fsp3) is 0.174. The van der Waals surface area contributed by atoms with E-state index in [1.54, 1.807) is 7.11 Å². The summed E-state index contributed by atoms with van der Waals surface area (Å²) in [5.41, 5.74) is 4.29. The van der Waals surface area contributed by atoms with Crippen molar-refractivity contribution in [3.05, 3.63) is 92.4 Å². The van der Waals surface area contributed by atoms with E-state index in [9.17, 15) is 0 Å². The van der Waals surface area contributed by atoms with Gasteiger partial charge in [-0.15, -0.1) is 0 Å². The van der Waals surface area contributed by atoms with Gasteiger partial charge in [0.15, 0.2) is 0 Å². The van der Waals surface area contributed by atoms with Crippen LogP contribution in [0.4, 0.5) is 0 Å². The number of hydrazone groups is 1. The average Bonchev–Trinajstić information content (AvgIpc) is 3.19. The lowest BCUT2D eigenvalue weighted by molar-refractivity contribution is -0.0203. The van der Waals surface area contributed by atoms with E-state index in [2.05, 4.69) is 73.3 Å². The molecule has 2 atom stereocenters. The molecule has 4 nitrogen and oxygen atoms in total. The predicted octanol–water partition coefficient (Wildman–Crippen LogP) is 6.46. The third-order valence-corrected chi connectivity index (χ3v) is 6.36. The zero-order chi connectivity index (χ0) is 20.0. The van der Waals surface area contributed by atoms with Crippen molar-refractivity contribution in [1.82, 2.24) is 5.01 Å². The fourth-order valence-electron chi connectivity index (χ4n) is 3.95. The second kappa shape index (κ2) is 7.50. The van der Waals surface area contributed by atoms with Crippen molar-refractivity contribution in [3.63, 3.8) is 0 Å². The molecule has 0 spiro atoms. The summed E-state index contributed by atoms with van der Waals surface area (Å²) in [5.74, 6) is 1.68. The van der Waals surface area contributed by atoms with Crippen LogP contribution in [0.25, 0.3) is 0 Å². The number of nitrogens with zero attached hydrogens (tertiary/aromatic N) is 2. The first-order valence-corrected chi connectivity index (χ1v) is 10.9. The molecule has 3 aromatic rings. The maximum absolute atomic E-state index is 6.44. The molecule has 2 aliphatic heterocycles. The van der Waals surface area contributed by atoms with E-state index < -0.39 is 0 Å². The van der Waals surface area contributed by atoms with Crippen molar-refractivity contribution in [3.8, 4) is 11.5 Å². The first-order valence-electron chi connectivity index (χ1n) is 9.35. The Labute approximate surface area is 186 Å². The van der Waals surface area contributed by atoms with Crippen LogP contribution in [0.2, 0.25) is 0 Å². The molecule has 5 rings (SSSR count). The molecule has 2 aliphatic rings. The second-order valence-corrected chi connectivity index (χ2v) is 8.88. The summed E-state index contributed by atoms with van der Waals surface area (Å²) in [6, 6.07) is 22.6. The number of hydrogen-bond acceptors (Lipinski definition) is 4. The Kier molecular flexibility index (Phi) is 4.84. The molecule has 0 aliphatic carbocycles. The number of methoxy groups -OCH3 is 1. The van der Waals surface area contributed by atoms with Crippen LogP contribution >= 0.6 is 31.9 Å². The van der Waals surface area contributed by atoms with E-state index in [1.807, 2.05) is 30.3 Å². The molecular weight excluding hydrogens is 496 g/mol. The Morgan fingerprint density at radius 3 is 2.52 bits per heavy atom. The van der Waals surface area contributed by atoms with E-state index in [0.29, 0.717) is 0 Å². The van der Waals surface area contributed by atoms with Crippen molar-refractivity contribution in [2.24, 2.45) is 5.10 Å². The van der Waals surface area contributed by atoms with Gasteiger partial charge in [0.25, 0.3) is 0 Å². The molecule has 146 valence electrons. The Bertz CT molecular complexity index is 1100. The highest BCUT2D eigenvalue weighted by molar-refractivity contribution is 9.10. The highest BCUT2D eigenvalue weighted by Gasteiger charge is 2.41. The zero-order valence-electron chi connectivity index (χ0n) is 15.7. The maximum Gasteiger partial charge on any atom is 0.217 e. The van der Waals surface area contributed by atoms with Gasteiger partial charge in [0.05, 0.1) is 24.4 Å². The van der Waals surface area contributed by atoms with Gasteiger partial charge in [-0.3, -0.25) is 0 Å². The van der Waals surface area contributed by atoms with Crippen LogP contribution < -0.4 is 9.47 Å².